The number of nitrogens with one attached hydrogen (secondary N) is 1. The van der Waals surface area contributed by atoms with Crippen molar-refractivity contribution in [1.29, 1.82) is 0 Å². The molecule has 1 aromatic heterocycles. The van der Waals surface area contributed by atoms with Crippen molar-refractivity contribution in [3.63, 3.8) is 0 Å². The number of hydrogen-bond acceptors (Lipinski definition) is 7. The number of ether oxygens (including phenoxy) is 2. The first-order chi connectivity index (χ1) is 16.5. The van der Waals surface area contributed by atoms with Crippen molar-refractivity contribution >= 4 is 50.9 Å². The van der Waals surface area contributed by atoms with Crippen molar-refractivity contribution in [1.82, 2.24) is 4.98 Å². The Balaban J connectivity index is 1.29. The smallest absolute Gasteiger partial charge is 0.307 e. The molecule has 2 aliphatic carbocycles. The van der Waals surface area contributed by atoms with E-state index in [1.54, 1.807) is 37.3 Å². The van der Waals surface area contributed by atoms with Crippen LogP contribution in [-0.4, -0.2) is 36.2 Å². The number of rotatable bonds is 8. The molecule has 7 nitrogen and oxygen atoms in total. The number of carbonyl (C=O) groups excluding carboxylic acids is 1. The van der Waals surface area contributed by atoms with Crippen molar-refractivity contribution < 1.29 is 24.2 Å². The van der Waals surface area contributed by atoms with E-state index >= 15 is 0 Å². The van der Waals surface area contributed by atoms with Crippen LogP contribution in [0, 0.1) is 23.7 Å². The summed E-state index contributed by atoms with van der Waals surface area (Å²) in [5.41, 5.74) is 2.53. The number of thiazole rings is 1. The predicted octanol–water partition coefficient (Wildman–Crippen LogP) is 5.07. The highest BCUT2D eigenvalue weighted by Crippen LogP contribution is 2.48. The number of amides is 1. The Hall–Kier alpha value is -3.04. The SMILES string of the molecule is COc1ccc(OC)c(CSc2nc3ccc(NC(=O)[C@H]4[C@@H](C(=O)O)[C@H]5C=C[C@H]4C5)cc3s2)c1. The summed E-state index contributed by atoms with van der Waals surface area (Å²) in [7, 11) is 3.29. The van der Waals surface area contributed by atoms with E-state index in [0.717, 1.165) is 38.0 Å². The molecule has 3 aromatic rings. The average Bonchev–Trinajstić information content (AvgIpc) is 3.56. The van der Waals surface area contributed by atoms with Crippen molar-refractivity contribution in [2.24, 2.45) is 23.7 Å². The van der Waals surface area contributed by atoms with Crippen molar-refractivity contribution in [2.45, 2.75) is 16.5 Å². The largest absolute Gasteiger partial charge is 0.497 e. The highest BCUT2D eigenvalue weighted by Gasteiger charge is 2.51. The molecule has 1 heterocycles. The molecule has 176 valence electrons. The number of aliphatic carboxylic acids is 1. The second-order valence-electron chi connectivity index (χ2n) is 8.46. The van der Waals surface area contributed by atoms with Gasteiger partial charge in [-0.2, -0.15) is 0 Å². The molecule has 4 atom stereocenters. The second-order valence-corrected chi connectivity index (χ2v) is 10.7. The lowest BCUT2D eigenvalue weighted by Gasteiger charge is -2.23. The van der Waals surface area contributed by atoms with Crippen LogP contribution in [0.2, 0.25) is 0 Å². The van der Waals surface area contributed by atoms with Gasteiger partial charge < -0.3 is 19.9 Å². The van der Waals surface area contributed by atoms with E-state index in [1.165, 1.54) is 0 Å². The van der Waals surface area contributed by atoms with Crippen LogP contribution in [-0.2, 0) is 15.3 Å². The van der Waals surface area contributed by atoms with Crippen molar-refractivity contribution in [3.05, 3.63) is 54.1 Å². The summed E-state index contributed by atoms with van der Waals surface area (Å²) in [6, 6.07) is 11.3. The number of benzene rings is 2. The molecule has 1 saturated carbocycles. The highest BCUT2D eigenvalue weighted by molar-refractivity contribution is 8.00. The molecular formula is C25H24N2O5S2. The molecule has 9 heteroatoms. The number of carboxylic acids is 1. The topological polar surface area (TPSA) is 97.8 Å². The lowest BCUT2D eigenvalue weighted by atomic mass is 9.82. The molecule has 2 N–H and O–H groups in total. The first kappa shape index (κ1) is 22.7. The highest BCUT2D eigenvalue weighted by atomic mass is 32.2. The zero-order chi connectivity index (χ0) is 23.8. The summed E-state index contributed by atoms with van der Waals surface area (Å²) >= 11 is 3.17. The van der Waals surface area contributed by atoms with E-state index in [0.29, 0.717) is 11.4 Å². The van der Waals surface area contributed by atoms with Crippen molar-refractivity contribution in [2.75, 3.05) is 19.5 Å². The number of nitrogens with zero attached hydrogens (tertiary/aromatic N) is 1. The van der Waals surface area contributed by atoms with Gasteiger partial charge in [0.15, 0.2) is 4.34 Å². The summed E-state index contributed by atoms with van der Waals surface area (Å²) < 4.78 is 12.7. The fraction of sp³-hybridized carbons (Fsp3) is 0.320. The summed E-state index contributed by atoms with van der Waals surface area (Å²) in [5, 5.41) is 12.6. The molecule has 0 unspecified atom stereocenters. The van der Waals surface area contributed by atoms with Gasteiger partial charge in [0, 0.05) is 17.0 Å². The van der Waals surface area contributed by atoms with Gasteiger partial charge in [0.05, 0.1) is 36.3 Å². The van der Waals surface area contributed by atoms with Crippen LogP contribution in [0.15, 0.2) is 52.9 Å². The molecule has 2 aromatic carbocycles. The first-order valence-corrected chi connectivity index (χ1v) is 12.7. The summed E-state index contributed by atoms with van der Waals surface area (Å²) in [4.78, 5) is 29.4. The number of anilines is 1. The third kappa shape index (κ3) is 4.25. The molecule has 2 aliphatic rings. The number of aromatic nitrogens is 1. The van der Waals surface area contributed by atoms with Crippen LogP contribution in [0.5, 0.6) is 11.5 Å². The minimum Gasteiger partial charge on any atom is -0.497 e. The van der Waals surface area contributed by atoms with E-state index in [2.05, 4.69) is 5.32 Å². The minimum absolute atomic E-state index is 0.00478. The number of hydrogen-bond donors (Lipinski definition) is 2. The number of carboxylic acid groups (broad SMARTS) is 1. The van der Waals surface area contributed by atoms with E-state index in [-0.39, 0.29) is 17.7 Å². The number of carbonyl (C=O) groups is 2. The van der Waals surface area contributed by atoms with Gasteiger partial charge in [-0.05, 0) is 54.7 Å². The standard InChI is InChI=1S/C25H24N2O5S2/c1-31-17-6-8-19(32-2)15(10-17)12-33-25-27-18-7-5-16(11-20(18)34-25)26-23(28)21-13-3-4-14(9-13)22(21)24(29)30/h3-8,10-11,13-14,21-22H,9,12H2,1-2H3,(H,26,28)(H,29,30)/t13-,14-,21+,22-/m0/s1. The number of methoxy groups -OCH3 is 2. The molecule has 0 saturated heterocycles. The lowest BCUT2D eigenvalue weighted by molar-refractivity contribution is -0.146. The summed E-state index contributed by atoms with van der Waals surface area (Å²) in [5.74, 6) is -0.117. The Morgan fingerprint density at radius 1 is 1.12 bits per heavy atom. The van der Waals surface area contributed by atoms with Gasteiger partial charge in [0.2, 0.25) is 5.91 Å². The third-order valence-electron chi connectivity index (χ3n) is 6.52. The molecular weight excluding hydrogens is 472 g/mol. The maximum absolute atomic E-state index is 13.0. The van der Waals surface area contributed by atoms with Crippen LogP contribution in [0.1, 0.15) is 12.0 Å². The molecule has 5 rings (SSSR count). The monoisotopic (exact) mass is 496 g/mol. The van der Waals surface area contributed by atoms with Gasteiger partial charge in [0.1, 0.15) is 11.5 Å². The van der Waals surface area contributed by atoms with Gasteiger partial charge in [0.25, 0.3) is 0 Å². The Bertz CT molecular complexity index is 1290. The van der Waals surface area contributed by atoms with Gasteiger partial charge in [-0.25, -0.2) is 4.98 Å². The molecule has 2 bridgehead atoms. The zero-order valence-electron chi connectivity index (χ0n) is 18.7. The Morgan fingerprint density at radius 3 is 2.65 bits per heavy atom. The maximum atomic E-state index is 13.0. The first-order valence-electron chi connectivity index (χ1n) is 10.9. The van der Waals surface area contributed by atoms with Crippen LogP contribution in [0.3, 0.4) is 0 Å². The normalized spacial score (nSPS) is 22.8. The van der Waals surface area contributed by atoms with Gasteiger partial charge in [-0.3, -0.25) is 9.59 Å². The van der Waals surface area contributed by atoms with E-state index in [9.17, 15) is 14.7 Å². The van der Waals surface area contributed by atoms with Crippen LogP contribution >= 0.6 is 23.1 Å². The molecule has 0 spiro atoms. The van der Waals surface area contributed by atoms with Gasteiger partial charge >= 0.3 is 5.97 Å². The molecule has 1 amide bonds. The maximum Gasteiger partial charge on any atom is 0.307 e. The summed E-state index contributed by atoms with van der Waals surface area (Å²) in [6.07, 6.45) is 4.67. The van der Waals surface area contributed by atoms with Gasteiger partial charge in [-0.1, -0.05) is 23.9 Å². The van der Waals surface area contributed by atoms with E-state index in [4.69, 9.17) is 14.5 Å². The number of thioether (sulfide) groups is 1. The minimum atomic E-state index is -0.899. The van der Waals surface area contributed by atoms with E-state index < -0.39 is 17.8 Å². The number of fused-ring (bicyclic) bond motifs is 3. The summed E-state index contributed by atoms with van der Waals surface area (Å²) in [6.45, 7) is 0. The third-order valence-corrected chi connectivity index (χ3v) is 8.73. The Labute approximate surface area is 205 Å². The van der Waals surface area contributed by atoms with E-state index in [1.807, 2.05) is 48.6 Å². The Kier molecular flexibility index (Phi) is 6.22. The molecule has 0 radical (unpaired) electrons. The predicted molar refractivity (Wildman–Crippen MR) is 133 cm³/mol. The Morgan fingerprint density at radius 2 is 1.91 bits per heavy atom. The average molecular weight is 497 g/mol. The van der Waals surface area contributed by atoms with Crippen LogP contribution in [0.4, 0.5) is 5.69 Å². The molecule has 0 aliphatic heterocycles. The fourth-order valence-electron chi connectivity index (χ4n) is 4.92. The second kappa shape index (κ2) is 9.31. The van der Waals surface area contributed by atoms with Crippen LogP contribution < -0.4 is 14.8 Å². The molecule has 34 heavy (non-hydrogen) atoms. The fourth-order valence-corrected chi connectivity index (χ4v) is 7.00. The number of allylic oxidation sites excluding steroid dienone is 2. The van der Waals surface area contributed by atoms with Crippen molar-refractivity contribution in [3.8, 4) is 11.5 Å². The van der Waals surface area contributed by atoms with Crippen LogP contribution in [0.25, 0.3) is 10.2 Å². The lowest BCUT2D eigenvalue weighted by Crippen LogP contribution is -2.36. The quantitative estimate of drug-likeness (QED) is 0.332. The molecule has 1 fully saturated rings. The zero-order valence-corrected chi connectivity index (χ0v) is 20.3. The van der Waals surface area contributed by atoms with Gasteiger partial charge in [-0.15, -0.1) is 11.3 Å².